The number of esters is 1. The Labute approximate surface area is 106 Å². The van der Waals surface area contributed by atoms with E-state index in [-0.39, 0.29) is 24.4 Å². The summed E-state index contributed by atoms with van der Waals surface area (Å²) in [6, 6.07) is 6.13. The van der Waals surface area contributed by atoms with E-state index < -0.39 is 0 Å². The third-order valence-corrected chi connectivity index (χ3v) is 3.55. The van der Waals surface area contributed by atoms with Gasteiger partial charge in [0.05, 0.1) is 17.9 Å². The van der Waals surface area contributed by atoms with Gasteiger partial charge in [0.15, 0.2) is 0 Å². The molecule has 4 heteroatoms. The maximum atomic E-state index is 11.5. The van der Waals surface area contributed by atoms with Crippen molar-refractivity contribution in [1.29, 1.82) is 5.26 Å². The van der Waals surface area contributed by atoms with Crippen molar-refractivity contribution in [2.24, 2.45) is 11.8 Å². The summed E-state index contributed by atoms with van der Waals surface area (Å²) in [7, 11) is 0. The van der Waals surface area contributed by atoms with E-state index in [1.807, 2.05) is 31.4 Å². The Morgan fingerprint density at radius 1 is 1.65 bits per heavy atom. The van der Waals surface area contributed by atoms with Gasteiger partial charge in [0.25, 0.3) is 0 Å². The van der Waals surface area contributed by atoms with Crippen molar-refractivity contribution in [3.05, 3.63) is 22.4 Å². The van der Waals surface area contributed by atoms with Crippen LogP contribution in [0.1, 0.15) is 25.1 Å². The number of nitrogens with zero attached hydrogens (tertiary/aromatic N) is 1. The lowest BCUT2D eigenvalue weighted by molar-refractivity contribution is -0.148. The molecule has 0 spiro atoms. The van der Waals surface area contributed by atoms with Gasteiger partial charge in [-0.15, -0.1) is 11.3 Å². The lowest BCUT2D eigenvalue weighted by Gasteiger charge is -2.12. The number of hydrogen-bond acceptors (Lipinski definition) is 4. The van der Waals surface area contributed by atoms with E-state index in [0.717, 1.165) is 11.3 Å². The van der Waals surface area contributed by atoms with E-state index in [0.29, 0.717) is 6.42 Å². The van der Waals surface area contributed by atoms with Gasteiger partial charge in [0.2, 0.25) is 0 Å². The Kier molecular flexibility index (Phi) is 5.71. The number of ether oxygens (including phenoxy) is 1. The van der Waals surface area contributed by atoms with Gasteiger partial charge in [0.1, 0.15) is 6.61 Å². The topological polar surface area (TPSA) is 50.1 Å². The number of carbonyl (C=O) groups excluding carboxylic acids is 1. The highest BCUT2D eigenvalue weighted by Crippen LogP contribution is 2.15. The van der Waals surface area contributed by atoms with E-state index in [9.17, 15) is 4.79 Å². The molecule has 0 radical (unpaired) electrons. The fourth-order valence-corrected chi connectivity index (χ4v) is 2.09. The Morgan fingerprint density at radius 3 is 2.94 bits per heavy atom. The molecule has 0 unspecified atom stereocenters. The van der Waals surface area contributed by atoms with Crippen molar-refractivity contribution in [3.8, 4) is 6.07 Å². The van der Waals surface area contributed by atoms with Crippen LogP contribution >= 0.6 is 11.3 Å². The zero-order chi connectivity index (χ0) is 12.7. The Hall–Kier alpha value is -1.34. The SMILES string of the molecule is CC[C@H](C)C(=O)OC[C@@H](C#N)Cc1cccs1. The van der Waals surface area contributed by atoms with E-state index in [1.165, 1.54) is 0 Å². The summed E-state index contributed by atoms with van der Waals surface area (Å²) >= 11 is 1.62. The molecule has 1 rings (SSSR count). The average molecular weight is 251 g/mol. The van der Waals surface area contributed by atoms with E-state index in [1.54, 1.807) is 11.3 Å². The van der Waals surface area contributed by atoms with Gasteiger partial charge >= 0.3 is 5.97 Å². The highest BCUT2D eigenvalue weighted by Gasteiger charge is 2.16. The summed E-state index contributed by atoms with van der Waals surface area (Å²) < 4.78 is 5.14. The van der Waals surface area contributed by atoms with Crippen molar-refractivity contribution in [2.45, 2.75) is 26.7 Å². The van der Waals surface area contributed by atoms with Gasteiger partial charge in [0, 0.05) is 11.3 Å². The second kappa shape index (κ2) is 7.08. The molecule has 0 saturated carbocycles. The van der Waals surface area contributed by atoms with Crippen LogP contribution in [0.3, 0.4) is 0 Å². The minimum absolute atomic E-state index is 0.0870. The number of carbonyl (C=O) groups is 1. The lowest BCUT2D eigenvalue weighted by Crippen LogP contribution is -2.19. The predicted octanol–water partition coefficient (Wildman–Crippen LogP) is 3.02. The molecule has 0 aliphatic rings. The van der Waals surface area contributed by atoms with Crippen molar-refractivity contribution < 1.29 is 9.53 Å². The van der Waals surface area contributed by atoms with Crippen LogP contribution in [0.2, 0.25) is 0 Å². The fourth-order valence-electron chi connectivity index (χ4n) is 1.31. The van der Waals surface area contributed by atoms with Crippen molar-refractivity contribution >= 4 is 17.3 Å². The third kappa shape index (κ3) is 4.58. The molecule has 3 nitrogen and oxygen atoms in total. The van der Waals surface area contributed by atoms with E-state index in [4.69, 9.17) is 10.00 Å². The number of hydrogen-bond donors (Lipinski definition) is 0. The summed E-state index contributed by atoms with van der Waals surface area (Å²) in [6.07, 6.45) is 1.42. The third-order valence-electron chi connectivity index (χ3n) is 2.65. The molecule has 0 bridgehead atoms. The standard InChI is InChI=1S/C13H17NO2S/c1-3-10(2)13(15)16-9-11(8-14)7-12-5-4-6-17-12/h4-6,10-11H,3,7,9H2,1-2H3/t10-,11+/m0/s1. The number of nitriles is 1. The first kappa shape index (κ1) is 13.7. The molecule has 17 heavy (non-hydrogen) atoms. The minimum Gasteiger partial charge on any atom is -0.464 e. The van der Waals surface area contributed by atoms with Gasteiger partial charge in [-0.25, -0.2) is 0 Å². The van der Waals surface area contributed by atoms with E-state index >= 15 is 0 Å². The monoisotopic (exact) mass is 251 g/mol. The largest absolute Gasteiger partial charge is 0.464 e. The maximum Gasteiger partial charge on any atom is 0.308 e. The van der Waals surface area contributed by atoms with Gasteiger partial charge in [-0.2, -0.15) is 5.26 Å². The molecule has 1 aromatic heterocycles. The highest BCUT2D eigenvalue weighted by atomic mass is 32.1. The van der Waals surface area contributed by atoms with Crippen LogP contribution in [0.15, 0.2) is 17.5 Å². The summed E-state index contributed by atoms with van der Waals surface area (Å²) in [5, 5.41) is 11.0. The summed E-state index contributed by atoms with van der Waals surface area (Å²) in [5.41, 5.74) is 0. The first-order valence-electron chi connectivity index (χ1n) is 5.76. The smallest absolute Gasteiger partial charge is 0.308 e. The molecule has 0 fully saturated rings. The molecule has 0 saturated heterocycles. The van der Waals surface area contributed by atoms with E-state index in [2.05, 4.69) is 6.07 Å². The minimum atomic E-state index is -0.248. The molecule has 92 valence electrons. The fraction of sp³-hybridized carbons (Fsp3) is 0.538. The molecule has 0 N–H and O–H groups in total. The zero-order valence-electron chi connectivity index (χ0n) is 10.2. The molecular formula is C13H17NO2S. The van der Waals surface area contributed by atoms with Crippen LogP contribution < -0.4 is 0 Å². The second-order valence-electron chi connectivity index (χ2n) is 4.05. The number of rotatable bonds is 6. The molecular weight excluding hydrogens is 234 g/mol. The quantitative estimate of drug-likeness (QED) is 0.730. The number of thiophene rings is 1. The molecule has 0 aromatic carbocycles. The van der Waals surface area contributed by atoms with Crippen LogP contribution in [-0.2, 0) is 16.0 Å². The first-order valence-corrected chi connectivity index (χ1v) is 6.64. The van der Waals surface area contributed by atoms with Crippen LogP contribution in [-0.4, -0.2) is 12.6 Å². The van der Waals surface area contributed by atoms with Gasteiger partial charge in [-0.3, -0.25) is 4.79 Å². The Morgan fingerprint density at radius 2 is 2.41 bits per heavy atom. The zero-order valence-corrected chi connectivity index (χ0v) is 11.0. The predicted molar refractivity (Wildman–Crippen MR) is 67.5 cm³/mol. The van der Waals surface area contributed by atoms with Gasteiger partial charge in [-0.05, 0) is 17.9 Å². The van der Waals surface area contributed by atoms with Crippen molar-refractivity contribution in [2.75, 3.05) is 6.61 Å². The van der Waals surface area contributed by atoms with Crippen molar-refractivity contribution in [1.82, 2.24) is 0 Å². The molecule has 2 atom stereocenters. The van der Waals surface area contributed by atoms with Gasteiger partial charge in [-0.1, -0.05) is 19.9 Å². The average Bonchev–Trinajstić information content (AvgIpc) is 2.85. The van der Waals surface area contributed by atoms with Crippen LogP contribution in [0.4, 0.5) is 0 Å². The summed E-state index contributed by atoms with van der Waals surface area (Å²) in [5.74, 6) is -0.545. The maximum absolute atomic E-state index is 11.5. The summed E-state index contributed by atoms with van der Waals surface area (Å²) in [6.45, 7) is 3.97. The van der Waals surface area contributed by atoms with Gasteiger partial charge < -0.3 is 4.74 Å². The highest BCUT2D eigenvalue weighted by molar-refractivity contribution is 7.09. The molecule has 0 aliphatic carbocycles. The molecule has 1 heterocycles. The molecule has 0 amide bonds. The van der Waals surface area contributed by atoms with Crippen LogP contribution in [0, 0.1) is 23.2 Å². The van der Waals surface area contributed by atoms with Crippen LogP contribution in [0.25, 0.3) is 0 Å². The molecule has 0 aliphatic heterocycles. The normalized spacial score (nSPS) is 13.7. The summed E-state index contributed by atoms with van der Waals surface area (Å²) in [4.78, 5) is 12.6. The van der Waals surface area contributed by atoms with Crippen LogP contribution in [0.5, 0.6) is 0 Å². The second-order valence-corrected chi connectivity index (χ2v) is 5.08. The Balaban J connectivity index is 2.38. The Bertz CT molecular complexity index is 381. The van der Waals surface area contributed by atoms with Crippen molar-refractivity contribution in [3.63, 3.8) is 0 Å². The molecule has 1 aromatic rings. The first-order chi connectivity index (χ1) is 8.17. The lowest BCUT2D eigenvalue weighted by atomic mass is 10.1.